The van der Waals surface area contributed by atoms with Gasteiger partial charge in [-0.1, -0.05) is 25.8 Å². The van der Waals surface area contributed by atoms with E-state index in [0.29, 0.717) is 11.7 Å². The number of ether oxygens (including phenoxy) is 2. The Morgan fingerprint density at radius 2 is 1.82 bits per heavy atom. The smallest absolute Gasteiger partial charge is 0.344 e. The van der Waals surface area contributed by atoms with Crippen molar-refractivity contribution in [2.24, 2.45) is 5.92 Å². The topological polar surface area (TPSA) is 93.7 Å². The van der Waals surface area contributed by atoms with E-state index in [1.807, 2.05) is 18.2 Å². The van der Waals surface area contributed by atoms with Gasteiger partial charge in [0.25, 0.3) is 5.91 Å². The molecule has 2 aliphatic carbocycles. The largest absolute Gasteiger partial charge is 0.482 e. The number of esters is 1. The Labute approximate surface area is 165 Å². The van der Waals surface area contributed by atoms with E-state index in [4.69, 9.17) is 9.47 Å². The van der Waals surface area contributed by atoms with Crippen molar-refractivity contribution in [2.45, 2.75) is 57.9 Å². The molecule has 0 spiro atoms. The summed E-state index contributed by atoms with van der Waals surface area (Å²) in [6.45, 7) is 1.30. The Bertz CT molecular complexity index is 734. The maximum atomic E-state index is 11.9. The van der Waals surface area contributed by atoms with Crippen LogP contribution in [0.25, 0.3) is 0 Å². The van der Waals surface area contributed by atoms with Crippen LogP contribution in [0.2, 0.25) is 0 Å². The van der Waals surface area contributed by atoms with Crippen molar-refractivity contribution in [1.82, 2.24) is 10.6 Å². The predicted octanol–water partition coefficient (Wildman–Crippen LogP) is 2.50. The first kappa shape index (κ1) is 20.2. The maximum absolute atomic E-state index is 11.9. The first-order chi connectivity index (χ1) is 13.5. The summed E-state index contributed by atoms with van der Waals surface area (Å²) in [7, 11) is 0. The number of carbonyl (C=O) groups excluding carboxylic acids is 3. The van der Waals surface area contributed by atoms with Crippen LogP contribution in [0.3, 0.4) is 0 Å². The van der Waals surface area contributed by atoms with E-state index in [1.165, 1.54) is 17.5 Å². The van der Waals surface area contributed by atoms with Gasteiger partial charge in [-0.2, -0.15) is 0 Å². The van der Waals surface area contributed by atoms with Crippen molar-refractivity contribution < 1.29 is 23.9 Å². The number of hydrogen-bond acceptors (Lipinski definition) is 5. The second-order valence-corrected chi connectivity index (χ2v) is 7.62. The van der Waals surface area contributed by atoms with E-state index >= 15 is 0 Å². The molecule has 3 amide bonds. The zero-order valence-corrected chi connectivity index (χ0v) is 16.3. The SMILES string of the molecule is C[C@H]1CCCC[C@@H]1NC(=O)NC(=O)COC(=O)COc1ccc2c(c1)CCC2. The molecule has 1 saturated carbocycles. The Hall–Kier alpha value is -2.57. The first-order valence-electron chi connectivity index (χ1n) is 10.0. The van der Waals surface area contributed by atoms with E-state index in [2.05, 4.69) is 17.6 Å². The van der Waals surface area contributed by atoms with E-state index < -0.39 is 24.5 Å². The Kier molecular flexibility index (Phi) is 6.90. The van der Waals surface area contributed by atoms with Crippen LogP contribution in [0.1, 0.15) is 50.2 Å². The van der Waals surface area contributed by atoms with Gasteiger partial charge in [0.15, 0.2) is 13.2 Å². The highest BCUT2D eigenvalue weighted by atomic mass is 16.6. The number of urea groups is 1. The van der Waals surface area contributed by atoms with Gasteiger partial charge in [0.05, 0.1) is 0 Å². The zero-order valence-electron chi connectivity index (χ0n) is 16.3. The molecule has 1 aromatic rings. The van der Waals surface area contributed by atoms with Crippen LogP contribution in [-0.4, -0.2) is 37.2 Å². The third-order valence-electron chi connectivity index (χ3n) is 5.47. The van der Waals surface area contributed by atoms with Crippen LogP contribution in [0, 0.1) is 5.92 Å². The fourth-order valence-electron chi connectivity index (χ4n) is 3.87. The molecule has 0 heterocycles. The molecule has 3 rings (SSSR count). The van der Waals surface area contributed by atoms with Gasteiger partial charge in [-0.25, -0.2) is 9.59 Å². The lowest BCUT2D eigenvalue weighted by atomic mass is 9.86. The van der Waals surface area contributed by atoms with Gasteiger partial charge in [-0.05, 0) is 61.3 Å². The second-order valence-electron chi connectivity index (χ2n) is 7.62. The summed E-state index contributed by atoms with van der Waals surface area (Å²) in [6, 6.07) is 5.32. The molecule has 152 valence electrons. The third-order valence-corrected chi connectivity index (χ3v) is 5.47. The van der Waals surface area contributed by atoms with Gasteiger partial charge in [-0.15, -0.1) is 0 Å². The van der Waals surface area contributed by atoms with Crippen LogP contribution >= 0.6 is 0 Å². The minimum absolute atomic E-state index is 0.0739. The number of rotatable bonds is 6. The molecule has 1 aromatic carbocycles. The van der Waals surface area contributed by atoms with Gasteiger partial charge in [0.1, 0.15) is 5.75 Å². The first-order valence-corrected chi connectivity index (χ1v) is 10.0. The summed E-state index contributed by atoms with van der Waals surface area (Å²) in [5, 5.41) is 5.02. The Morgan fingerprint density at radius 3 is 2.64 bits per heavy atom. The maximum Gasteiger partial charge on any atom is 0.344 e. The van der Waals surface area contributed by atoms with Gasteiger partial charge in [0.2, 0.25) is 0 Å². The van der Waals surface area contributed by atoms with Crippen LogP contribution < -0.4 is 15.4 Å². The highest BCUT2D eigenvalue weighted by Gasteiger charge is 2.23. The van der Waals surface area contributed by atoms with E-state index in [9.17, 15) is 14.4 Å². The summed E-state index contributed by atoms with van der Waals surface area (Å²) in [5.74, 6) is -0.310. The number of benzene rings is 1. The number of amides is 3. The minimum Gasteiger partial charge on any atom is -0.482 e. The summed E-state index contributed by atoms with van der Waals surface area (Å²) in [6.07, 6.45) is 7.48. The fraction of sp³-hybridized carbons (Fsp3) is 0.571. The van der Waals surface area contributed by atoms with Crippen LogP contribution in [-0.2, 0) is 27.2 Å². The summed E-state index contributed by atoms with van der Waals surface area (Å²) in [5.41, 5.74) is 2.58. The number of hydrogen-bond donors (Lipinski definition) is 2. The van der Waals surface area contributed by atoms with Crippen molar-refractivity contribution in [3.63, 3.8) is 0 Å². The van der Waals surface area contributed by atoms with Gasteiger partial charge >= 0.3 is 12.0 Å². The summed E-state index contributed by atoms with van der Waals surface area (Å²) >= 11 is 0. The van der Waals surface area contributed by atoms with Crippen LogP contribution in [0.5, 0.6) is 5.75 Å². The van der Waals surface area contributed by atoms with Crippen LogP contribution in [0.4, 0.5) is 4.79 Å². The van der Waals surface area contributed by atoms with Crippen LogP contribution in [0.15, 0.2) is 18.2 Å². The zero-order chi connectivity index (χ0) is 19.9. The molecule has 2 aliphatic rings. The van der Waals surface area contributed by atoms with Gasteiger partial charge in [0, 0.05) is 6.04 Å². The molecule has 7 nitrogen and oxygen atoms in total. The molecule has 0 saturated heterocycles. The summed E-state index contributed by atoms with van der Waals surface area (Å²) < 4.78 is 10.3. The lowest BCUT2D eigenvalue weighted by molar-refractivity contribution is -0.150. The average molecular weight is 388 g/mol. The molecule has 2 atom stereocenters. The van der Waals surface area contributed by atoms with Crippen molar-refractivity contribution >= 4 is 17.9 Å². The minimum atomic E-state index is -0.660. The number of aryl methyl sites for hydroxylation is 2. The highest BCUT2D eigenvalue weighted by Crippen LogP contribution is 2.26. The normalized spacial score (nSPS) is 20.8. The third kappa shape index (κ3) is 5.71. The van der Waals surface area contributed by atoms with E-state index in [1.54, 1.807) is 0 Å². The number of imide groups is 1. The van der Waals surface area contributed by atoms with Crippen molar-refractivity contribution in [2.75, 3.05) is 13.2 Å². The highest BCUT2D eigenvalue weighted by molar-refractivity contribution is 5.95. The lowest BCUT2D eigenvalue weighted by Gasteiger charge is -2.29. The molecule has 1 fully saturated rings. The molecular weight excluding hydrogens is 360 g/mol. The van der Waals surface area contributed by atoms with Crippen molar-refractivity contribution in [1.29, 1.82) is 0 Å². The molecular formula is C21H28N2O5. The quantitative estimate of drug-likeness (QED) is 0.731. The van der Waals surface area contributed by atoms with Gasteiger partial charge < -0.3 is 14.8 Å². The molecule has 0 aromatic heterocycles. The van der Waals surface area contributed by atoms with E-state index in [-0.39, 0.29) is 12.6 Å². The fourth-order valence-corrected chi connectivity index (χ4v) is 3.87. The molecule has 0 bridgehead atoms. The Balaban J connectivity index is 1.33. The Morgan fingerprint density at radius 1 is 1.04 bits per heavy atom. The standard InChI is InChI=1S/C21H28N2O5/c1-14-5-2-3-8-18(14)22-21(26)23-19(24)12-28-20(25)13-27-17-10-9-15-6-4-7-16(15)11-17/h9-11,14,18H,2-8,12-13H2,1H3,(H2,22,23,24,26)/t14-,18-/m0/s1. The molecule has 28 heavy (non-hydrogen) atoms. The molecule has 0 unspecified atom stereocenters. The molecule has 7 heteroatoms. The van der Waals surface area contributed by atoms with Crippen molar-refractivity contribution in [3.05, 3.63) is 29.3 Å². The van der Waals surface area contributed by atoms with E-state index in [0.717, 1.165) is 38.5 Å². The van der Waals surface area contributed by atoms with Crippen molar-refractivity contribution in [3.8, 4) is 5.75 Å². The number of carbonyl (C=O) groups is 3. The lowest BCUT2D eigenvalue weighted by Crippen LogP contribution is -2.48. The summed E-state index contributed by atoms with van der Waals surface area (Å²) in [4.78, 5) is 35.5. The number of nitrogens with one attached hydrogen (secondary N) is 2. The molecule has 2 N–H and O–H groups in total. The second kappa shape index (κ2) is 9.57. The average Bonchev–Trinajstić information content (AvgIpc) is 3.14. The predicted molar refractivity (Wildman–Crippen MR) is 103 cm³/mol. The molecule has 0 aliphatic heterocycles. The monoisotopic (exact) mass is 388 g/mol. The number of fused-ring (bicyclic) bond motifs is 1. The molecule has 0 radical (unpaired) electrons. The van der Waals surface area contributed by atoms with Gasteiger partial charge in [-0.3, -0.25) is 10.1 Å².